The molecule has 6 nitrogen and oxygen atoms in total. The Balaban J connectivity index is 0.000000139. The van der Waals surface area contributed by atoms with Crippen LogP contribution >= 0.6 is 22.7 Å². The van der Waals surface area contributed by atoms with Gasteiger partial charge in [-0.3, -0.25) is 9.59 Å². The second-order valence-electron chi connectivity index (χ2n) is 10.9. The Morgan fingerprint density at radius 1 is 0.690 bits per heavy atom. The van der Waals surface area contributed by atoms with Crippen LogP contribution in [0.5, 0.6) is 0 Å². The van der Waals surface area contributed by atoms with E-state index in [0.29, 0.717) is 23.9 Å². The highest BCUT2D eigenvalue weighted by Crippen LogP contribution is 2.40. The average Bonchev–Trinajstić information content (AvgIpc) is 3.54. The summed E-state index contributed by atoms with van der Waals surface area (Å²) in [5, 5.41) is 4.11. The number of nitrogens with zero attached hydrogens (tertiary/aromatic N) is 4. The lowest BCUT2D eigenvalue weighted by Gasteiger charge is -2.36. The van der Waals surface area contributed by atoms with Crippen molar-refractivity contribution in [2.45, 2.75) is 38.0 Å². The zero-order valence-electron chi connectivity index (χ0n) is 23.0. The Bertz CT molecular complexity index is 1690. The molecule has 3 aliphatic rings. The summed E-state index contributed by atoms with van der Waals surface area (Å²) in [6.45, 7) is 3.12. The predicted molar refractivity (Wildman–Crippen MR) is 163 cm³/mol. The fourth-order valence-corrected chi connectivity index (χ4v) is 7.76. The highest BCUT2D eigenvalue weighted by atomic mass is 32.1. The molecule has 1 aromatic carbocycles. The average molecular weight is 599 g/mol. The van der Waals surface area contributed by atoms with Gasteiger partial charge in [-0.05, 0) is 78.2 Å². The summed E-state index contributed by atoms with van der Waals surface area (Å²) < 4.78 is 17.9. The zero-order valence-corrected chi connectivity index (χ0v) is 24.6. The second-order valence-corrected chi connectivity index (χ2v) is 12.9. The Morgan fingerprint density at radius 2 is 1.29 bits per heavy atom. The molecule has 214 valence electrons. The van der Waals surface area contributed by atoms with Crippen LogP contribution in [0.25, 0.3) is 0 Å². The Kier molecular flexibility index (Phi) is 7.29. The molecule has 0 bridgehead atoms. The number of amides is 2. The lowest BCUT2D eigenvalue weighted by atomic mass is 10.1. The molecule has 0 N–H and O–H groups in total. The van der Waals surface area contributed by atoms with Gasteiger partial charge in [0, 0.05) is 71.2 Å². The highest BCUT2D eigenvalue weighted by molar-refractivity contribution is 7.10. The van der Waals surface area contributed by atoms with E-state index >= 15 is 0 Å². The quantitative estimate of drug-likeness (QED) is 0.228. The number of aromatic nitrogens is 2. The van der Waals surface area contributed by atoms with Crippen molar-refractivity contribution in [1.82, 2.24) is 18.9 Å². The lowest BCUT2D eigenvalue weighted by Crippen LogP contribution is -2.42. The summed E-state index contributed by atoms with van der Waals surface area (Å²) >= 11 is 3.38. The first-order chi connectivity index (χ1) is 20.6. The Labute approximate surface area is 252 Å². The molecule has 0 radical (unpaired) electrons. The van der Waals surface area contributed by atoms with E-state index in [4.69, 9.17) is 0 Å². The van der Waals surface area contributed by atoms with Crippen LogP contribution in [0.15, 0.2) is 96.0 Å². The van der Waals surface area contributed by atoms with Crippen molar-refractivity contribution in [3.8, 4) is 0 Å². The first-order valence-electron chi connectivity index (χ1n) is 14.3. The van der Waals surface area contributed by atoms with E-state index in [-0.39, 0.29) is 23.8 Å². The van der Waals surface area contributed by atoms with E-state index in [9.17, 15) is 14.0 Å². The molecular formula is C33H31FN4O2S2. The van der Waals surface area contributed by atoms with Crippen molar-refractivity contribution in [2.24, 2.45) is 5.92 Å². The number of thiophene rings is 2. The molecule has 5 aromatic rings. The van der Waals surface area contributed by atoms with E-state index in [1.54, 1.807) is 34.8 Å². The number of halogens is 1. The predicted octanol–water partition coefficient (Wildman–Crippen LogP) is 6.83. The molecule has 0 saturated heterocycles. The molecule has 6 heterocycles. The number of carbonyl (C=O) groups excluding carboxylic acids is 2. The molecule has 9 heteroatoms. The van der Waals surface area contributed by atoms with Crippen LogP contribution in [-0.4, -0.2) is 43.8 Å². The maximum Gasteiger partial charge on any atom is 0.254 e. The maximum atomic E-state index is 13.5. The molecule has 0 spiro atoms. The molecular weight excluding hydrogens is 568 g/mol. The number of hydrogen-bond acceptors (Lipinski definition) is 4. The first kappa shape index (κ1) is 26.9. The van der Waals surface area contributed by atoms with Crippen molar-refractivity contribution >= 4 is 34.5 Å². The molecule has 1 saturated carbocycles. The number of carbonyl (C=O) groups is 2. The smallest absolute Gasteiger partial charge is 0.254 e. The molecule has 4 aromatic heterocycles. The van der Waals surface area contributed by atoms with E-state index < -0.39 is 0 Å². The number of rotatable bonds is 4. The zero-order chi connectivity index (χ0) is 28.6. The monoisotopic (exact) mass is 598 g/mol. The number of fused-ring (bicyclic) bond motifs is 2. The van der Waals surface area contributed by atoms with Crippen LogP contribution in [0.1, 0.15) is 56.4 Å². The van der Waals surface area contributed by atoms with Gasteiger partial charge >= 0.3 is 0 Å². The fourth-order valence-electron chi connectivity index (χ4n) is 6.07. The molecule has 2 unspecified atom stereocenters. The van der Waals surface area contributed by atoms with Crippen molar-refractivity contribution < 1.29 is 14.0 Å². The van der Waals surface area contributed by atoms with E-state index in [1.165, 1.54) is 22.7 Å². The van der Waals surface area contributed by atoms with Gasteiger partial charge in [0.15, 0.2) is 0 Å². The molecule has 2 amide bonds. The van der Waals surface area contributed by atoms with E-state index in [1.807, 2.05) is 34.7 Å². The van der Waals surface area contributed by atoms with Crippen LogP contribution in [-0.2, 0) is 17.9 Å². The van der Waals surface area contributed by atoms with Crippen molar-refractivity contribution in [2.75, 3.05) is 13.1 Å². The summed E-state index contributed by atoms with van der Waals surface area (Å²) in [7, 11) is 0. The van der Waals surface area contributed by atoms with Crippen molar-refractivity contribution in [1.29, 1.82) is 0 Å². The van der Waals surface area contributed by atoms with Gasteiger partial charge in [0.2, 0.25) is 5.91 Å². The molecule has 42 heavy (non-hydrogen) atoms. The summed E-state index contributed by atoms with van der Waals surface area (Å²) in [5.41, 5.74) is 2.75. The third-order valence-electron chi connectivity index (χ3n) is 8.24. The number of hydrogen-bond donors (Lipinski definition) is 0. The van der Waals surface area contributed by atoms with E-state index in [0.717, 1.165) is 43.0 Å². The minimum Gasteiger partial charge on any atom is -0.347 e. The van der Waals surface area contributed by atoms with Gasteiger partial charge in [-0.2, -0.15) is 0 Å². The Hall–Kier alpha value is -3.95. The number of benzene rings is 1. The summed E-state index contributed by atoms with van der Waals surface area (Å²) in [6.07, 6.45) is 6.32. The van der Waals surface area contributed by atoms with Crippen LogP contribution in [0.3, 0.4) is 0 Å². The topological polar surface area (TPSA) is 50.5 Å². The maximum absolute atomic E-state index is 13.5. The van der Waals surface area contributed by atoms with Gasteiger partial charge in [0.25, 0.3) is 5.91 Å². The summed E-state index contributed by atoms with van der Waals surface area (Å²) in [6, 6.07) is 22.5. The first-order valence-corrected chi connectivity index (χ1v) is 16.1. The van der Waals surface area contributed by atoms with Crippen LogP contribution < -0.4 is 0 Å². The standard InChI is InChI=1S/C18H15FN2OS.C15H16N2OS/c19-14-5-1-4-13(12-14)18(22)21-10-9-20-8-2-6-15(20)17(21)16-7-3-11-23-16;18-15(11-5-6-11)17-9-8-16-7-1-3-12(16)14(17)13-4-2-10-19-13/h1-8,11-12,17H,9-10H2;1-4,7,10-11,14H,5-6,8-9H2. The van der Waals surface area contributed by atoms with Gasteiger partial charge < -0.3 is 18.9 Å². The lowest BCUT2D eigenvalue weighted by molar-refractivity contribution is -0.135. The largest absolute Gasteiger partial charge is 0.347 e. The van der Waals surface area contributed by atoms with Gasteiger partial charge in [-0.15, -0.1) is 22.7 Å². The van der Waals surface area contributed by atoms with Crippen LogP contribution in [0.4, 0.5) is 4.39 Å². The van der Waals surface area contributed by atoms with E-state index in [2.05, 4.69) is 55.9 Å². The minimum atomic E-state index is -0.385. The van der Waals surface area contributed by atoms with Gasteiger partial charge in [-0.25, -0.2) is 4.39 Å². The third-order valence-corrected chi connectivity index (χ3v) is 10.1. The van der Waals surface area contributed by atoms with Gasteiger partial charge in [-0.1, -0.05) is 18.2 Å². The van der Waals surface area contributed by atoms with Crippen LogP contribution in [0.2, 0.25) is 0 Å². The molecule has 2 atom stereocenters. The molecule has 2 aliphatic heterocycles. The normalized spacial score (nSPS) is 19.5. The van der Waals surface area contributed by atoms with Gasteiger partial charge in [0.1, 0.15) is 17.9 Å². The summed E-state index contributed by atoms with van der Waals surface area (Å²) in [5.74, 6) is 0.133. The second kappa shape index (κ2) is 11.4. The Morgan fingerprint density at radius 3 is 1.83 bits per heavy atom. The SMILES string of the molecule is O=C(C1CC1)N1CCn2cccc2C1c1cccs1.O=C(c1cccc(F)c1)N1CCn2cccc2C1c1cccs1. The highest BCUT2D eigenvalue weighted by Gasteiger charge is 2.40. The molecule has 1 fully saturated rings. The fraction of sp³-hybridized carbons (Fsp3) is 0.273. The molecule has 8 rings (SSSR count). The van der Waals surface area contributed by atoms with Crippen LogP contribution in [0, 0.1) is 11.7 Å². The van der Waals surface area contributed by atoms with Crippen molar-refractivity contribution in [3.05, 3.63) is 128 Å². The molecule has 1 aliphatic carbocycles. The third kappa shape index (κ3) is 5.12. The summed E-state index contributed by atoms with van der Waals surface area (Å²) in [4.78, 5) is 31.8. The van der Waals surface area contributed by atoms with Gasteiger partial charge in [0.05, 0.1) is 0 Å². The van der Waals surface area contributed by atoms with Crippen molar-refractivity contribution in [3.63, 3.8) is 0 Å². The minimum absolute atomic E-state index is 0.116.